The molecule has 0 radical (unpaired) electrons. The lowest BCUT2D eigenvalue weighted by Gasteiger charge is -2.12. The SMILES string of the molecule is CCCc1nc2ccccn2c1-c1csc(Nc2ccc(N(C)C)cc2)n1.O=C(O)C(F)(F)F. The summed E-state index contributed by atoms with van der Waals surface area (Å²) in [5.74, 6) is -2.76. The highest BCUT2D eigenvalue weighted by molar-refractivity contribution is 7.14. The molecule has 180 valence electrons. The Morgan fingerprint density at radius 2 is 1.82 bits per heavy atom. The standard InChI is InChI=1S/C21H23N5S.C2HF3O2/c1-4-7-17-20(26-13-6-5-8-19(26)23-17)18-14-27-21(24-18)22-15-9-11-16(12-10-15)25(2)3;3-2(4,5)1(6)7/h5-6,8-14H,4,7H2,1-3H3,(H,22,24);(H,6,7). The van der Waals surface area contributed by atoms with E-state index in [0.29, 0.717) is 0 Å². The fourth-order valence-electron chi connectivity index (χ4n) is 3.13. The van der Waals surface area contributed by atoms with Gasteiger partial charge in [0.05, 0.1) is 11.4 Å². The van der Waals surface area contributed by atoms with Crippen molar-refractivity contribution in [3.05, 3.63) is 59.7 Å². The number of alkyl halides is 3. The van der Waals surface area contributed by atoms with Crippen LogP contribution in [-0.4, -0.2) is 45.7 Å². The fourth-order valence-corrected chi connectivity index (χ4v) is 3.85. The number of thiazole rings is 1. The number of anilines is 3. The lowest BCUT2D eigenvalue weighted by Crippen LogP contribution is -2.21. The first-order valence-corrected chi connectivity index (χ1v) is 11.2. The van der Waals surface area contributed by atoms with E-state index in [2.05, 4.69) is 57.4 Å². The van der Waals surface area contributed by atoms with Crippen LogP contribution in [0.5, 0.6) is 0 Å². The van der Waals surface area contributed by atoms with Gasteiger partial charge in [0.25, 0.3) is 0 Å². The minimum Gasteiger partial charge on any atom is -0.475 e. The summed E-state index contributed by atoms with van der Waals surface area (Å²) in [6.45, 7) is 2.18. The monoisotopic (exact) mass is 491 g/mol. The number of carbonyl (C=O) groups is 1. The predicted octanol–water partition coefficient (Wildman–Crippen LogP) is 5.85. The zero-order valence-corrected chi connectivity index (χ0v) is 19.6. The number of rotatable bonds is 6. The van der Waals surface area contributed by atoms with Crippen LogP contribution < -0.4 is 10.2 Å². The average molecular weight is 492 g/mol. The van der Waals surface area contributed by atoms with Gasteiger partial charge in [0.1, 0.15) is 11.3 Å². The molecule has 1 aromatic carbocycles. The smallest absolute Gasteiger partial charge is 0.475 e. The molecule has 0 fully saturated rings. The van der Waals surface area contributed by atoms with Crippen molar-refractivity contribution < 1.29 is 23.1 Å². The largest absolute Gasteiger partial charge is 0.490 e. The molecule has 0 aliphatic rings. The van der Waals surface area contributed by atoms with Gasteiger partial charge in [-0.2, -0.15) is 13.2 Å². The molecule has 34 heavy (non-hydrogen) atoms. The van der Waals surface area contributed by atoms with Crippen molar-refractivity contribution in [1.82, 2.24) is 14.4 Å². The third kappa shape index (κ3) is 6.04. The lowest BCUT2D eigenvalue weighted by molar-refractivity contribution is -0.192. The van der Waals surface area contributed by atoms with E-state index in [4.69, 9.17) is 19.9 Å². The zero-order valence-electron chi connectivity index (χ0n) is 18.8. The quantitative estimate of drug-likeness (QED) is 0.352. The minimum atomic E-state index is -5.08. The highest BCUT2D eigenvalue weighted by Crippen LogP contribution is 2.31. The van der Waals surface area contributed by atoms with Crippen molar-refractivity contribution in [1.29, 1.82) is 0 Å². The van der Waals surface area contributed by atoms with E-state index in [1.807, 2.05) is 32.3 Å². The first-order chi connectivity index (χ1) is 16.1. The number of imidazole rings is 1. The van der Waals surface area contributed by atoms with Gasteiger partial charge in [-0.1, -0.05) is 19.4 Å². The Kier molecular flexibility index (Phi) is 7.77. The molecule has 0 saturated heterocycles. The number of nitrogens with zero attached hydrogens (tertiary/aromatic N) is 4. The molecule has 0 aliphatic carbocycles. The Hall–Kier alpha value is -3.60. The van der Waals surface area contributed by atoms with E-state index in [9.17, 15) is 13.2 Å². The van der Waals surface area contributed by atoms with Gasteiger partial charge in [0.2, 0.25) is 0 Å². The molecule has 0 atom stereocenters. The van der Waals surface area contributed by atoms with Gasteiger partial charge in [-0.3, -0.25) is 4.40 Å². The van der Waals surface area contributed by atoms with Gasteiger partial charge in [-0.15, -0.1) is 11.3 Å². The molecular weight excluding hydrogens is 467 g/mol. The van der Waals surface area contributed by atoms with Crippen molar-refractivity contribution in [3.8, 4) is 11.4 Å². The first kappa shape index (κ1) is 25.0. The van der Waals surface area contributed by atoms with E-state index in [1.165, 1.54) is 5.69 Å². The van der Waals surface area contributed by atoms with Crippen molar-refractivity contribution in [2.75, 3.05) is 24.3 Å². The molecule has 4 rings (SSSR count). The molecule has 11 heteroatoms. The van der Waals surface area contributed by atoms with Crippen molar-refractivity contribution in [2.45, 2.75) is 25.9 Å². The number of halogens is 3. The third-order valence-electron chi connectivity index (χ3n) is 4.71. The van der Waals surface area contributed by atoms with Crippen LogP contribution in [0.2, 0.25) is 0 Å². The van der Waals surface area contributed by atoms with Crippen LogP contribution >= 0.6 is 11.3 Å². The normalized spacial score (nSPS) is 11.1. The molecule has 0 spiro atoms. The number of benzene rings is 1. The minimum absolute atomic E-state index is 0.885. The summed E-state index contributed by atoms with van der Waals surface area (Å²) >= 11 is 1.61. The second kappa shape index (κ2) is 10.6. The predicted molar refractivity (Wildman–Crippen MR) is 128 cm³/mol. The van der Waals surface area contributed by atoms with Gasteiger partial charge in [0.15, 0.2) is 5.13 Å². The number of carboxylic acid groups (broad SMARTS) is 1. The number of hydrogen-bond donors (Lipinski definition) is 2. The zero-order chi connectivity index (χ0) is 24.9. The van der Waals surface area contributed by atoms with Gasteiger partial charge in [0, 0.05) is 37.0 Å². The summed E-state index contributed by atoms with van der Waals surface area (Å²) in [5.41, 5.74) is 6.35. The average Bonchev–Trinajstić information content (AvgIpc) is 3.38. The van der Waals surface area contributed by atoms with E-state index < -0.39 is 12.1 Å². The molecule has 7 nitrogen and oxygen atoms in total. The van der Waals surface area contributed by atoms with Crippen LogP contribution in [0.15, 0.2) is 54.0 Å². The molecule has 0 unspecified atom stereocenters. The molecule has 0 aliphatic heterocycles. The summed E-state index contributed by atoms with van der Waals surface area (Å²) in [6.07, 6.45) is -1.02. The first-order valence-electron chi connectivity index (χ1n) is 10.4. The second-order valence-corrected chi connectivity index (χ2v) is 8.35. The molecule has 2 N–H and O–H groups in total. The van der Waals surface area contributed by atoms with Crippen LogP contribution in [0.1, 0.15) is 19.0 Å². The van der Waals surface area contributed by atoms with Crippen molar-refractivity contribution in [3.63, 3.8) is 0 Å². The van der Waals surface area contributed by atoms with Gasteiger partial charge in [-0.05, 0) is 42.8 Å². The Morgan fingerprint density at radius 1 is 1.15 bits per heavy atom. The van der Waals surface area contributed by atoms with Crippen LogP contribution in [0.25, 0.3) is 17.0 Å². The summed E-state index contributed by atoms with van der Waals surface area (Å²) in [7, 11) is 4.08. The molecule has 0 saturated carbocycles. The second-order valence-electron chi connectivity index (χ2n) is 7.49. The van der Waals surface area contributed by atoms with E-state index in [0.717, 1.165) is 46.4 Å². The van der Waals surface area contributed by atoms with Gasteiger partial charge in [-0.25, -0.2) is 14.8 Å². The van der Waals surface area contributed by atoms with E-state index >= 15 is 0 Å². The van der Waals surface area contributed by atoms with E-state index in [-0.39, 0.29) is 0 Å². The van der Waals surface area contributed by atoms with Crippen molar-refractivity contribution >= 4 is 39.5 Å². The Balaban J connectivity index is 0.000000406. The maximum atomic E-state index is 10.6. The van der Waals surface area contributed by atoms with E-state index in [1.54, 1.807) is 11.3 Å². The van der Waals surface area contributed by atoms with Crippen LogP contribution in [0.4, 0.5) is 29.7 Å². The van der Waals surface area contributed by atoms with Crippen molar-refractivity contribution in [2.24, 2.45) is 0 Å². The van der Waals surface area contributed by atoms with Crippen LogP contribution in [-0.2, 0) is 11.2 Å². The number of fused-ring (bicyclic) bond motifs is 1. The molecule has 0 amide bonds. The Labute approximate surface area is 198 Å². The molecule has 3 heterocycles. The molecule has 0 bridgehead atoms. The van der Waals surface area contributed by atoms with Crippen LogP contribution in [0.3, 0.4) is 0 Å². The number of carboxylic acids is 1. The molecule has 4 aromatic rings. The summed E-state index contributed by atoms with van der Waals surface area (Å²) in [4.78, 5) is 20.6. The highest BCUT2D eigenvalue weighted by Gasteiger charge is 2.38. The number of nitrogens with one attached hydrogen (secondary N) is 1. The lowest BCUT2D eigenvalue weighted by atomic mass is 10.2. The fraction of sp³-hybridized carbons (Fsp3) is 0.261. The summed E-state index contributed by atoms with van der Waals surface area (Å²) in [5, 5.41) is 13.5. The molecular formula is C23H24F3N5O2S. The number of aliphatic carboxylic acids is 1. The number of pyridine rings is 1. The number of aromatic nitrogens is 3. The van der Waals surface area contributed by atoms with Gasteiger partial charge >= 0.3 is 12.1 Å². The van der Waals surface area contributed by atoms with Gasteiger partial charge < -0.3 is 15.3 Å². The summed E-state index contributed by atoms with van der Waals surface area (Å²) < 4.78 is 33.9. The van der Waals surface area contributed by atoms with Crippen LogP contribution in [0, 0.1) is 0 Å². The number of aryl methyl sites for hydroxylation is 1. The maximum absolute atomic E-state index is 10.6. The topological polar surface area (TPSA) is 82.8 Å². The third-order valence-corrected chi connectivity index (χ3v) is 5.47. The Morgan fingerprint density at radius 3 is 2.41 bits per heavy atom. The number of hydrogen-bond acceptors (Lipinski definition) is 6. The Bertz CT molecular complexity index is 1250. The summed E-state index contributed by atoms with van der Waals surface area (Å²) in [6, 6.07) is 14.4. The maximum Gasteiger partial charge on any atom is 0.490 e. The molecule has 3 aromatic heterocycles. The highest BCUT2D eigenvalue weighted by atomic mass is 32.1.